The van der Waals surface area contributed by atoms with Gasteiger partial charge in [0.1, 0.15) is 6.04 Å². The van der Waals surface area contributed by atoms with Crippen LogP contribution in [0.4, 0.5) is 5.69 Å². The van der Waals surface area contributed by atoms with E-state index >= 15 is 0 Å². The van der Waals surface area contributed by atoms with Crippen molar-refractivity contribution in [1.29, 1.82) is 0 Å². The summed E-state index contributed by atoms with van der Waals surface area (Å²) in [5, 5.41) is 11.7. The SMILES string of the molecule is O=C1CCC(N2C(=O)c3cccc(NCCNC(=O)C4CC5(CCNCC5)C4)c3C2=O)C(=O)N1. The van der Waals surface area contributed by atoms with E-state index in [1.54, 1.807) is 18.2 Å². The van der Waals surface area contributed by atoms with Gasteiger partial charge in [0.25, 0.3) is 11.8 Å². The fourth-order valence-electron chi connectivity index (χ4n) is 5.73. The molecule has 1 unspecified atom stereocenters. The molecule has 1 aromatic carbocycles. The van der Waals surface area contributed by atoms with Crippen LogP contribution in [-0.4, -0.2) is 66.7 Å². The van der Waals surface area contributed by atoms with E-state index in [4.69, 9.17) is 0 Å². The normalized spacial score (nSPS) is 24.0. The van der Waals surface area contributed by atoms with Crippen LogP contribution >= 0.6 is 0 Å². The number of carbonyl (C=O) groups excluding carboxylic acids is 5. The second-order valence-electron chi connectivity index (χ2n) is 9.75. The third-order valence-electron chi connectivity index (χ3n) is 7.60. The second kappa shape index (κ2) is 8.83. The maximum atomic E-state index is 13.1. The summed E-state index contributed by atoms with van der Waals surface area (Å²) in [6.07, 6.45) is 4.37. The molecule has 1 aliphatic carbocycles. The van der Waals surface area contributed by atoms with Crippen molar-refractivity contribution in [3.8, 4) is 0 Å². The zero-order valence-corrected chi connectivity index (χ0v) is 18.9. The van der Waals surface area contributed by atoms with Crippen LogP contribution in [0.1, 0.15) is 59.2 Å². The fourth-order valence-corrected chi connectivity index (χ4v) is 5.73. The summed E-state index contributed by atoms with van der Waals surface area (Å²) in [6.45, 7) is 2.85. The average molecular weight is 468 g/mol. The Morgan fingerprint density at radius 2 is 1.82 bits per heavy atom. The van der Waals surface area contributed by atoms with Crippen LogP contribution in [0.5, 0.6) is 0 Å². The molecule has 10 nitrogen and oxygen atoms in total. The largest absolute Gasteiger partial charge is 0.383 e. The van der Waals surface area contributed by atoms with E-state index in [1.165, 1.54) is 0 Å². The first kappa shape index (κ1) is 22.5. The number of rotatable bonds is 6. The first-order valence-electron chi connectivity index (χ1n) is 12.0. The Bertz CT molecular complexity index is 1060. The van der Waals surface area contributed by atoms with Crippen LogP contribution in [0.15, 0.2) is 18.2 Å². The van der Waals surface area contributed by atoms with E-state index in [0.29, 0.717) is 24.2 Å². The number of carbonyl (C=O) groups is 5. The van der Waals surface area contributed by atoms with Gasteiger partial charge in [0.2, 0.25) is 17.7 Å². The number of hydrogen-bond donors (Lipinski definition) is 4. The molecule has 3 aliphatic heterocycles. The zero-order chi connectivity index (χ0) is 23.9. The van der Waals surface area contributed by atoms with Crippen molar-refractivity contribution in [1.82, 2.24) is 20.9 Å². The molecule has 5 amide bonds. The highest BCUT2D eigenvalue weighted by atomic mass is 16.2. The van der Waals surface area contributed by atoms with Gasteiger partial charge in [0.05, 0.1) is 11.1 Å². The summed E-state index contributed by atoms with van der Waals surface area (Å²) in [5.74, 6) is -1.99. The number of nitrogens with zero attached hydrogens (tertiary/aromatic N) is 1. The topological polar surface area (TPSA) is 137 Å². The first-order valence-corrected chi connectivity index (χ1v) is 12.0. The van der Waals surface area contributed by atoms with Crippen LogP contribution in [0, 0.1) is 11.3 Å². The smallest absolute Gasteiger partial charge is 0.264 e. The Morgan fingerprint density at radius 3 is 2.56 bits per heavy atom. The van der Waals surface area contributed by atoms with Gasteiger partial charge in [0, 0.05) is 31.1 Å². The molecule has 34 heavy (non-hydrogen) atoms. The van der Waals surface area contributed by atoms with Crippen LogP contribution in [0.3, 0.4) is 0 Å². The van der Waals surface area contributed by atoms with E-state index in [2.05, 4.69) is 21.3 Å². The number of hydrogen-bond acceptors (Lipinski definition) is 7. The second-order valence-corrected chi connectivity index (χ2v) is 9.75. The molecule has 2 saturated heterocycles. The lowest BCUT2D eigenvalue weighted by atomic mass is 9.57. The Kier molecular flexibility index (Phi) is 5.85. The molecule has 1 spiro atoms. The summed E-state index contributed by atoms with van der Waals surface area (Å²) in [4.78, 5) is 63.1. The number of piperidine rings is 2. The summed E-state index contributed by atoms with van der Waals surface area (Å²) in [5.41, 5.74) is 1.27. The van der Waals surface area contributed by atoms with Gasteiger partial charge in [-0.3, -0.25) is 34.2 Å². The molecule has 3 heterocycles. The highest BCUT2D eigenvalue weighted by molar-refractivity contribution is 6.25. The van der Waals surface area contributed by atoms with Crippen LogP contribution in [0.25, 0.3) is 0 Å². The van der Waals surface area contributed by atoms with Crippen LogP contribution in [0.2, 0.25) is 0 Å². The quantitative estimate of drug-likeness (QED) is 0.351. The lowest BCUT2D eigenvalue weighted by Gasteiger charge is -2.49. The van der Waals surface area contributed by atoms with E-state index in [1.807, 2.05) is 0 Å². The van der Waals surface area contributed by atoms with E-state index in [9.17, 15) is 24.0 Å². The lowest BCUT2D eigenvalue weighted by Crippen LogP contribution is -2.54. The van der Waals surface area contributed by atoms with Crippen molar-refractivity contribution < 1.29 is 24.0 Å². The summed E-state index contributed by atoms with van der Waals surface area (Å²) >= 11 is 0. The highest BCUT2D eigenvalue weighted by Crippen LogP contribution is 2.51. The monoisotopic (exact) mass is 467 g/mol. The Labute approximate surface area is 197 Å². The molecule has 1 aromatic rings. The maximum Gasteiger partial charge on any atom is 0.264 e. The van der Waals surface area contributed by atoms with Gasteiger partial charge >= 0.3 is 0 Å². The molecule has 10 heteroatoms. The van der Waals surface area contributed by atoms with Gasteiger partial charge in [-0.1, -0.05) is 6.07 Å². The van der Waals surface area contributed by atoms with Gasteiger partial charge in [-0.05, 0) is 62.7 Å². The molecule has 180 valence electrons. The Morgan fingerprint density at radius 1 is 1.06 bits per heavy atom. The molecule has 5 rings (SSSR count). The number of amides is 5. The lowest BCUT2D eigenvalue weighted by molar-refractivity contribution is -0.136. The van der Waals surface area contributed by atoms with Crippen molar-refractivity contribution >= 4 is 35.2 Å². The average Bonchev–Trinajstić information content (AvgIpc) is 3.06. The van der Waals surface area contributed by atoms with Crippen molar-refractivity contribution in [3.63, 3.8) is 0 Å². The van der Waals surface area contributed by atoms with E-state index in [0.717, 1.165) is 43.7 Å². The minimum Gasteiger partial charge on any atom is -0.383 e. The van der Waals surface area contributed by atoms with Crippen LogP contribution < -0.4 is 21.3 Å². The number of fused-ring (bicyclic) bond motifs is 1. The zero-order valence-electron chi connectivity index (χ0n) is 18.9. The van der Waals surface area contributed by atoms with E-state index in [-0.39, 0.29) is 35.8 Å². The van der Waals surface area contributed by atoms with Crippen molar-refractivity contribution in [2.75, 3.05) is 31.5 Å². The third-order valence-corrected chi connectivity index (χ3v) is 7.60. The van der Waals surface area contributed by atoms with Crippen molar-refractivity contribution in [3.05, 3.63) is 29.3 Å². The maximum absolute atomic E-state index is 13.1. The number of nitrogens with one attached hydrogen (secondary N) is 4. The minimum atomic E-state index is -0.997. The van der Waals surface area contributed by atoms with Crippen molar-refractivity contribution in [2.45, 2.75) is 44.6 Å². The summed E-state index contributed by atoms with van der Waals surface area (Å²) in [6, 6.07) is 3.93. The third kappa shape index (κ3) is 3.96. The minimum absolute atomic E-state index is 0.0690. The van der Waals surface area contributed by atoms with Crippen molar-refractivity contribution in [2.24, 2.45) is 11.3 Å². The van der Waals surface area contributed by atoms with Gasteiger partial charge in [-0.15, -0.1) is 0 Å². The predicted octanol–water partition coefficient (Wildman–Crippen LogP) is 0.396. The number of imide groups is 2. The summed E-state index contributed by atoms with van der Waals surface area (Å²) in [7, 11) is 0. The molecular weight excluding hydrogens is 438 g/mol. The van der Waals surface area contributed by atoms with Gasteiger partial charge in [-0.2, -0.15) is 0 Å². The molecule has 0 radical (unpaired) electrons. The number of anilines is 1. The summed E-state index contributed by atoms with van der Waals surface area (Å²) < 4.78 is 0. The molecule has 0 aromatic heterocycles. The number of benzene rings is 1. The molecule has 4 N–H and O–H groups in total. The molecule has 3 fully saturated rings. The molecule has 4 aliphatic rings. The molecular formula is C24H29N5O5. The van der Waals surface area contributed by atoms with Gasteiger partial charge in [-0.25, -0.2) is 0 Å². The standard InChI is InChI=1S/C24H29N5O5/c30-18-5-4-17(21(32)28-18)29-22(33)15-2-1-3-16(19(15)23(29)34)26-10-11-27-20(31)14-12-24(13-14)6-8-25-9-7-24/h1-3,14,17,25-26H,4-13H2,(H,27,31)(H,28,30,32). The molecule has 1 atom stereocenters. The highest BCUT2D eigenvalue weighted by Gasteiger charge is 2.47. The fraction of sp³-hybridized carbons (Fsp3) is 0.542. The Balaban J connectivity index is 1.16. The molecule has 0 bridgehead atoms. The van der Waals surface area contributed by atoms with E-state index < -0.39 is 29.7 Å². The first-order chi connectivity index (χ1) is 16.4. The Hall–Kier alpha value is -3.27. The van der Waals surface area contributed by atoms with Gasteiger partial charge in [0.15, 0.2) is 0 Å². The molecule has 1 saturated carbocycles. The van der Waals surface area contributed by atoms with Gasteiger partial charge < -0.3 is 16.0 Å². The van der Waals surface area contributed by atoms with Crippen LogP contribution in [-0.2, 0) is 14.4 Å². The predicted molar refractivity (Wildman–Crippen MR) is 122 cm³/mol.